The van der Waals surface area contributed by atoms with Crippen molar-refractivity contribution < 1.29 is 14.6 Å². The summed E-state index contributed by atoms with van der Waals surface area (Å²) >= 11 is 0. The molecule has 1 saturated carbocycles. The van der Waals surface area contributed by atoms with Crippen LogP contribution in [0.25, 0.3) is 0 Å². The van der Waals surface area contributed by atoms with Gasteiger partial charge in [-0.2, -0.15) is 0 Å². The Labute approximate surface area is 109 Å². The van der Waals surface area contributed by atoms with Gasteiger partial charge >= 0.3 is 5.97 Å². The number of hydrogen-bond donors (Lipinski definition) is 1. The Kier molecular flexibility index (Phi) is 5.01. The van der Waals surface area contributed by atoms with Gasteiger partial charge in [-0.15, -0.1) is 0 Å². The zero-order valence-corrected chi connectivity index (χ0v) is 11.3. The molecule has 2 rings (SSSR count). The summed E-state index contributed by atoms with van der Waals surface area (Å²) in [6, 6.07) is -0.280. The fourth-order valence-electron chi connectivity index (χ4n) is 3.22. The molecule has 1 saturated heterocycles. The molecule has 1 heterocycles. The molecule has 0 amide bonds. The molecule has 0 aromatic rings. The van der Waals surface area contributed by atoms with E-state index in [1.807, 2.05) is 0 Å². The van der Waals surface area contributed by atoms with E-state index in [0.29, 0.717) is 18.6 Å². The van der Waals surface area contributed by atoms with Gasteiger partial charge in [-0.05, 0) is 38.1 Å². The van der Waals surface area contributed by atoms with Crippen LogP contribution in [-0.4, -0.2) is 47.8 Å². The molecule has 0 aromatic carbocycles. The summed E-state index contributed by atoms with van der Waals surface area (Å²) in [6.45, 7) is 4.61. The van der Waals surface area contributed by atoms with Crippen molar-refractivity contribution in [2.45, 2.75) is 57.6 Å². The van der Waals surface area contributed by atoms with E-state index in [0.717, 1.165) is 25.9 Å². The van der Waals surface area contributed by atoms with Crippen LogP contribution in [-0.2, 0) is 9.53 Å². The number of likely N-dealkylation sites (tertiary alicyclic amines) is 1. The Morgan fingerprint density at radius 3 is 2.78 bits per heavy atom. The Morgan fingerprint density at radius 2 is 2.06 bits per heavy atom. The minimum atomic E-state index is -0.682. The third-order valence-electron chi connectivity index (χ3n) is 4.39. The van der Waals surface area contributed by atoms with E-state index in [1.165, 1.54) is 25.7 Å². The molecule has 104 valence electrons. The van der Waals surface area contributed by atoms with Gasteiger partial charge in [0.15, 0.2) is 0 Å². The molecule has 2 fully saturated rings. The normalized spacial score (nSPS) is 33.7. The summed E-state index contributed by atoms with van der Waals surface area (Å²) in [7, 11) is 0. The summed E-state index contributed by atoms with van der Waals surface area (Å²) in [5.41, 5.74) is 0. The Balaban J connectivity index is 1.69. The van der Waals surface area contributed by atoms with Gasteiger partial charge in [0, 0.05) is 6.54 Å². The average molecular weight is 255 g/mol. The van der Waals surface area contributed by atoms with E-state index in [-0.39, 0.29) is 6.04 Å². The number of ether oxygens (including phenoxy) is 1. The molecule has 1 aliphatic heterocycles. The molecular formula is C14H25NO3. The highest BCUT2D eigenvalue weighted by molar-refractivity contribution is 5.73. The summed E-state index contributed by atoms with van der Waals surface area (Å²) < 4.78 is 5.95. The van der Waals surface area contributed by atoms with Crippen LogP contribution in [0, 0.1) is 5.92 Å². The van der Waals surface area contributed by atoms with Crippen LogP contribution in [0.1, 0.15) is 45.4 Å². The van der Waals surface area contributed by atoms with Gasteiger partial charge in [0.2, 0.25) is 0 Å². The molecule has 1 aliphatic carbocycles. The quantitative estimate of drug-likeness (QED) is 0.817. The zero-order chi connectivity index (χ0) is 13.0. The van der Waals surface area contributed by atoms with Crippen molar-refractivity contribution in [1.29, 1.82) is 0 Å². The number of carbonyl (C=O) groups is 1. The molecular weight excluding hydrogens is 230 g/mol. The molecule has 2 aliphatic rings. The van der Waals surface area contributed by atoms with Crippen molar-refractivity contribution >= 4 is 5.97 Å². The van der Waals surface area contributed by atoms with E-state index in [2.05, 4.69) is 11.8 Å². The second-order valence-corrected chi connectivity index (χ2v) is 5.70. The zero-order valence-electron chi connectivity index (χ0n) is 11.3. The van der Waals surface area contributed by atoms with Gasteiger partial charge < -0.3 is 9.84 Å². The monoisotopic (exact) mass is 255 g/mol. The number of carboxylic acids is 1. The van der Waals surface area contributed by atoms with E-state index in [9.17, 15) is 4.79 Å². The van der Waals surface area contributed by atoms with E-state index in [1.54, 1.807) is 0 Å². The molecule has 0 radical (unpaired) electrons. The number of rotatable bonds is 5. The molecule has 3 unspecified atom stereocenters. The van der Waals surface area contributed by atoms with Crippen LogP contribution < -0.4 is 0 Å². The Hall–Kier alpha value is -0.610. The highest BCUT2D eigenvalue weighted by Crippen LogP contribution is 2.26. The number of nitrogens with zero attached hydrogens (tertiary/aromatic N) is 1. The summed E-state index contributed by atoms with van der Waals surface area (Å²) in [4.78, 5) is 13.1. The molecule has 0 spiro atoms. The van der Waals surface area contributed by atoms with Gasteiger partial charge in [0.25, 0.3) is 0 Å². The lowest BCUT2D eigenvalue weighted by molar-refractivity contribution is -0.142. The molecule has 18 heavy (non-hydrogen) atoms. The maximum Gasteiger partial charge on any atom is 0.320 e. The lowest BCUT2D eigenvalue weighted by atomic mass is 9.88. The average Bonchev–Trinajstić information content (AvgIpc) is 2.80. The predicted molar refractivity (Wildman–Crippen MR) is 69.6 cm³/mol. The number of hydrogen-bond acceptors (Lipinski definition) is 3. The highest BCUT2D eigenvalue weighted by atomic mass is 16.5. The number of carboxylic acid groups (broad SMARTS) is 1. The van der Waals surface area contributed by atoms with Gasteiger partial charge in [-0.1, -0.05) is 19.8 Å². The van der Waals surface area contributed by atoms with Gasteiger partial charge in [0.1, 0.15) is 6.04 Å². The maximum atomic E-state index is 11.0. The summed E-state index contributed by atoms with van der Waals surface area (Å²) in [5, 5.41) is 9.09. The molecule has 0 bridgehead atoms. The standard InChI is InChI=1S/C14H25NO3/c1-11-5-2-3-7-13(11)18-10-9-15-8-4-6-12(15)14(16)17/h11-13H,2-10H2,1H3,(H,16,17). The summed E-state index contributed by atoms with van der Waals surface area (Å²) in [5.74, 6) is -0.0221. The fraction of sp³-hybridized carbons (Fsp3) is 0.929. The second-order valence-electron chi connectivity index (χ2n) is 5.70. The third-order valence-corrected chi connectivity index (χ3v) is 4.39. The van der Waals surface area contributed by atoms with Crippen molar-refractivity contribution in [2.75, 3.05) is 19.7 Å². The van der Waals surface area contributed by atoms with Crippen LogP contribution in [0.3, 0.4) is 0 Å². The topological polar surface area (TPSA) is 49.8 Å². The first-order chi connectivity index (χ1) is 8.68. The first kappa shape index (κ1) is 13.8. The lowest BCUT2D eigenvalue weighted by Crippen LogP contribution is -2.39. The minimum absolute atomic E-state index is 0.280. The predicted octanol–water partition coefficient (Wildman–Crippen LogP) is 2.13. The van der Waals surface area contributed by atoms with Crippen LogP contribution in [0.5, 0.6) is 0 Å². The van der Waals surface area contributed by atoms with Crippen molar-refractivity contribution in [1.82, 2.24) is 4.90 Å². The molecule has 4 nitrogen and oxygen atoms in total. The number of aliphatic carboxylic acids is 1. The lowest BCUT2D eigenvalue weighted by Gasteiger charge is -2.30. The highest BCUT2D eigenvalue weighted by Gasteiger charge is 2.30. The van der Waals surface area contributed by atoms with Crippen LogP contribution in [0.15, 0.2) is 0 Å². The first-order valence-corrected chi connectivity index (χ1v) is 7.27. The van der Waals surface area contributed by atoms with E-state index >= 15 is 0 Å². The van der Waals surface area contributed by atoms with Crippen molar-refractivity contribution in [3.05, 3.63) is 0 Å². The van der Waals surface area contributed by atoms with Crippen LogP contribution in [0.4, 0.5) is 0 Å². The SMILES string of the molecule is CC1CCCCC1OCCN1CCCC1C(=O)O. The second kappa shape index (κ2) is 6.53. The van der Waals surface area contributed by atoms with Gasteiger partial charge in [0.05, 0.1) is 12.7 Å². The molecule has 0 aromatic heterocycles. The first-order valence-electron chi connectivity index (χ1n) is 7.27. The van der Waals surface area contributed by atoms with E-state index in [4.69, 9.17) is 9.84 Å². The largest absolute Gasteiger partial charge is 0.480 e. The van der Waals surface area contributed by atoms with Gasteiger partial charge in [-0.3, -0.25) is 9.69 Å². The molecule has 3 atom stereocenters. The van der Waals surface area contributed by atoms with Crippen LogP contribution in [0.2, 0.25) is 0 Å². The Bertz CT molecular complexity index is 282. The summed E-state index contributed by atoms with van der Waals surface area (Å²) in [6.07, 6.45) is 7.22. The third kappa shape index (κ3) is 3.45. The fourth-order valence-corrected chi connectivity index (χ4v) is 3.22. The Morgan fingerprint density at radius 1 is 1.28 bits per heavy atom. The maximum absolute atomic E-state index is 11.0. The van der Waals surface area contributed by atoms with Crippen molar-refractivity contribution in [2.24, 2.45) is 5.92 Å². The molecule has 1 N–H and O–H groups in total. The van der Waals surface area contributed by atoms with E-state index < -0.39 is 5.97 Å². The van der Waals surface area contributed by atoms with Crippen molar-refractivity contribution in [3.8, 4) is 0 Å². The molecule has 4 heteroatoms. The smallest absolute Gasteiger partial charge is 0.320 e. The minimum Gasteiger partial charge on any atom is -0.480 e. The van der Waals surface area contributed by atoms with Crippen molar-refractivity contribution in [3.63, 3.8) is 0 Å². The van der Waals surface area contributed by atoms with Gasteiger partial charge in [-0.25, -0.2) is 0 Å². The van der Waals surface area contributed by atoms with Crippen LogP contribution >= 0.6 is 0 Å².